The lowest BCUT2D eigenvalue weighted by atomic mass is 9.69. The third-order valence-corrected chi connectivity index (χ3v) is 7.00. The number of sulfonamides is 1. The van der Waals surface area contributed by atoms with Gasteiger partial charge in [-0.05, 0) is 36.3 Å². The Labute approximate surface area is 142 Å². The van der Waals surface area contributed by atoms with Crippen LogP contribution in [0.5, 0.6) is 0 Å². The Morgan fingerprint density at radius 1 is 1.30 bits per heavy atom. The van der Waals surface area contributed by atoms with Gasteiger partial charge in [0.1, 0.15) is 4.21 Å². The first-order chi connectivity index (χ1) is 10.6. The molecule has 5 nitrogen and oxygen atoms in total. The van der Waals surface area contributed by atoms with E-state index in [9.17, 15) is 13.2 Å². The Bertz CT molecular complexity index is 659. The highest BCUT2D eigenvalue weighted by atomic mass is 32.2. The molecule has 0 spiro atoms. The molecule has 0 aromatic carbocycles. The summed E-state index contributed by atoms with van der Waals surface area (Å²) in [5, 5.41) is 8.26. The molecule has 1 heterocycles. The van der Waals surface area contributed by atoms with Crippen LogP contribution in [0.3, 0.4) is 0 Å². The number of rotatable bonds is 4. The van der Waals surface area contributed by atoms with Crippen LogP contribution in [0.1, 0.15) is 51.3 Å². The first-order valence-corrected chi connectivity index (χ1v) is 10.3. The van der Waals surface area contributed by atoms with E-state index < -0.39 is 10.0 Å². The zero-order chi connectivity index (χ0) is 17.3. The molecular formula is C16H26N2O3S2. The van der Waals surface area contributed by atoms with Crippen molar-refractivity contribution in [2.75, 3.05) is 0 Å². The smallest absolute Gasteiger partial charge is 0.247 e. The number of nitrogens with one attached hydrogen (secondary N) is 1. The van der Waals surface area contributed by atoms with Gasteiger partial charge >= 0.3 is 0 Å². The topological polar surface area (TPSA) is 89.3 Å². The van der Waals surface area contributed by atoms with E-state index >= 15 is 0 Å². The predicted molar refractivity (Wildman–Crippen MR) is 92.7 cm³/mol. The number of thiophene rings is 1. The third-order valence-electron chi connectivity index (χ3n) is 4.48. The average Bonchev–Trinajstić information content (AvgIpc) is 2.86. The van der Waals surface area contributed by atoms with Crippen LogP contribution < -0.4 is 10.5 Å². The number of carbonyl (C=O) groups is 1. The van der Waals surface area contributed by atoms with Crippen molar-refractivity contribution < 1.29 is 13.2 Å². The number of hydrogen-bond acceptors (Lipinski definition) is 4. The lowest BCUT2D eigenvalue weighted by Gasteiger charge is -2.40. The van der Waals surface area contributed by atoms with E-state index in [2.05, 4.69) is 26.1 Å². The summed E-state index contributed by atoms with van der Waals surface area (Å²) in [4.78, 5) is 13.0. The summed E-state index contributed by atoms with van der Waals surface area (Å²) in [6.45, 7) is 6.67. The molecule has 2 atom stereocenters. The van der Waals surface area contributed by atoms with Crippen LogP contribution >= 0.6 is 11.3 Å². The second-order valence-electron chi connectivity index (χ2n) is 7.37. The van der Waals surface area contributed by atoms with Crippen molar-refractivity contribution in [1.82, 2.24) is 5.32 Å². The fourth-order valence-corrected chi connectivity index (χ4v) is 5.14. The Hall–Kier alpha value is -0.920. The van der Waals surface area contributed by atoms with Gasteiger partial charge in [-0.2, -0.15) is 0 Å². The Kier molecular flexibility index (Phi) is 5.53. The first kappa shape index (κ1) is 18.4. The van der Waals surface area contributed by atoms with E-state index in [1.54, 1.807) is 6.07 Å². The number of hydrogen-bond donors (Lipinski definition) is 2. The minimum absolute atomic E-state index is 0.0473. The number of nitrogens with two attached hydrogens (primary N) is 1. The summed E-state index contributed by atoms with van der Waals surface area (Å²) >= 11 is 1.06. The second kappa shape index (κ2) is 6.91. The zero-order valence-electron chi connectivity index (χ0n) is 14.0. The second-order valence-corrected chi connectivity index (χ2v) is 10.3. The fraction of sp³-hybridized carbons (Fsp3) is 0.688. The summed E-state index contributed by atoms with van der Waals surface area (Å²) in [7, 11) is -3.69. The molecule has 1 saturated carbocycles. The minimum Gasteiger partial charge on any atom is -0.353 e. The predicted octanol–water partition coefficient (Wildman–Crippen LogP) is 2.66. The molecule has 0 radical (unpaired) electrons. The highest BCUT2D eigenvalue weighted by Crippen LogP contribution is 2.38. The molecule has 2 rings (SSSR count). The maximum atomic E-state index is 12.3. The summed E-state index contributed by atoms with van der Waals surface area (Å²) in [5.41, 5.74) is 0.169. The molecule has 23 heavy (non-hydrogen) atoms. The molecule has 130 valence electrons. The summed E-state index contributed by atoms with van der Waals surface area (Å²) in [5.74, 6) is 0.428. The molecule has 1 aromatic rings. The van der Waals surface area contributed by atoms with E-state index in [1.165, 1.54) is 12.5 Å². The molecule has 2 unspecified atom stereocenters. The van der Waals surface area contributed by atoms with Crippen molar-refractivity contribution in [2.24, 2.45) is 16.5 Å². The molecule has 1 amide bonds. The summed E-state index contributed by atoms with van der Waals surface area (Å²) in [6, 6.07) is 3.32. The maximum Gasteiger partial charge on any atom is 0.247 e. The van der Waals surface area contributed by atoms with Gasteiger partial charge in [0.2, 0.25) is 15.9 Å². The zero-order valence-corrected chi connectivity index (χ0v) is 15.6. The van der Waals surface area contributed by atoms with Gasteiger partial charge in [0.15, 0.2) is 0 Å². The lowest BCUT2D eigenvalue weighted by molar-refractivity contribution is -0.122. The SMILES string of the molecule is CC(C)(C)C1CCCCC1NC(=O)Cc1ccc(S(N)(=O)=O)s1. The molecule has 0 saturated heterocycles. The molecular weight excluding hydrogens is 332 g/mol. The number of amides is 1. The van der Waals surface area contributed by atoms with Crippen LogP contribution in [0.4, 0.5) is 0 Å². The first-order valence-electron chi connectivity index (χ1n) is 7.98. The highest BCUT2D eigenvalue weighted by molar-refractivity contribution is 7.91. The Morgan fingerprint density at radius 2 is 1.96 bits per heavy atom. The van der Waals surface area contributed by atoms with Crippen LogP contribution in [0.25, 0.3) is 0 Å². The normalized spacial score (nSPS) is 22.8. The fourth-order valence-electron chi connectivity index (χ4n) is 3.36. The number of primary sulfonamides is 1. The number of carbonyl (C=O) groups excluding carboxylic acids is 1. The van der Waals surface area contributed by atoms with Gasteiger partial charge < -0.3 is 5.32 Å². The molecule has 1 aromatic heterocycles. The molecule has 0 aliphatic heterocycles. The highest BCUT2D eigenvalue weighted by Gasteiger charge is 2.34. The standard InChI is InChI=1S/C16H26N2O3S2/c1-16(2,3)12-6-4-5-7-13(12)18-14(19)10-11-8-9-15(22-11)23(17,20)21/h8-9,12-13H,4-7,10H2,1-3H3,(H,18,19)(H2,17,20,21). The van der Waals surface area contributed by atoms with Crippen molar-refractivity contribution in [3.63, 3.8) is 0 Å². The van der Waals surface area contributed by atoms with E-state index in [4.69, 9.17) is 5.14 Å². The van der Waals surface area contributed by atoms with Gasteiger partial charge in [-0.15, -0.1) is 11.3 Å². The van der Waals surface area contributed by atoms with Crippen molar-refractivity contribution >= 4 is 27.3 Å². The molecule has 1 fully saturated rings. The van der Waals surface area contributed by atoms with Gasteiger partial charge in [-0.25, -0.2) is 13.6 Å². The van der Waals surface area contributed by atoms with Crippen LogP contribution in [0.15, 0.2) is 16.3 Å². The molecule has 7 heteroatoms. The summed E-state index contributed by atoms with van der Waals surface area (Å²) in [6.07, 6.45) is 4.72. The van der Waals surface area contributed by atoms with Gasteiger partial charge in [0.05, 0.1) is 6.42 Å². The van der Waals surface area contributed by atoms with Gasteiger partial charge in [0, 0.05) is 10.9 Å². The Balaban J connectivity index is 1.99. The van der Waals surface area contributed by atoms with Crippen molar-refractivity contribution in [3.8, 4) is 0 Å². The van der Waals surface area contributed by atoms with E-state index in [1.807, 2.05) is 0 Å². The molecule has 1 aliphatic rings. The van der Waals surface area contributed by atoms with Gasteiger partial charge in [-0.3, -0.25) is 4.79 Å². The monoisotopic (exact) mass is 358 g/mol. The molecule has 3 N–H and O–H groups in total. The van der Waals surface area contributed by atoms with Gasteiger partial charge in [0.25, 0.3) is 0 Å². The average molecular weight is 359 g/mol. The summed E-state index contributed by atoms with van der Waals surface area (Å²) < 4.78 is 22.7. The lowest BCUT2D eigenvalue weighted by Crippen LogP contribution is -2.47. The molecule has 0 bridgehead atoms. The van der Waals surface area contributed by atoms with E-state index in [0.29, 0.717) is 5.92 Å². The van der Waals surface area contributed by atoms with Crippen molar-refractivity contribution in [3.05, 3.63) is 17.0 Å². The van der Waals surface area contributed by atoms with Crippen molar-refractivity contribution in [1.29, 1.82) is 0 Å². The van der Waals surface area contributed by atoms with Crippen LogP contribution in [0.2, 0.25) is 0 Å². The molecule has 1 aliphatic carbocycles. The quantitative estimate of drug-likeness (QED) is 0.867. The van der Waals surface area contributed by atoms with Crippen LogP contribution in [0, 0.1) is 11.3 Å². The maximum absolute atomic E-state index is 12.3. The largest absolute Gasteiger partial charge is 0.353 e. The Morgan fingerprint density at radius 3 is 2.52 bits per heavy atom. The van der Waals surface area contributed by atoms with E-state index in [-0.39, 0.29) is 28.0 Å². The third kappa shape index (κ3) is 5.02. The minimum atomic E-state index is -3.69. The van der Waals surface area contributed by atoms with Crippen molar-refractivity contribution in [2.45, 2.75) is 63.1 Å². The van der Waals surface area contributed by atoms with Crippen LogP contribution in [-0.4, -0.2) is 20.4 Å². The van der Waals surface area contributed by atoms with Crippen LogP contribution in [-0.2, 0) is 21.2 Å². The van der Waals surface area contributed by atoms with E-state index in [0.717, 1.165) is 35.5 Å². The van der Waals surface area contributed by atoms with Gasteiger partial charge in [-0.1, -0.05) is 33.6 Å².